The Morgan fingerprint density at radius 3 is 2.81 bits per heavy atom. The second-order valence-corrected chi connectivity index (χ2v) is 10.1. The highest BCUT2D eigenvalue weighted by Crippen LogP contribution is 2.33. The van der Waals surface area contributed by atoms with E-state index in [-0.39, 0.29) is 36.7 Å². The van der Waals surface area contributed by atoms with E-state index in [1.165, 1.54) is 4.90 Å². The average molecular weight is 525 g/mol. The van der Waals surface area contributed by atoms with Gasteiger partial charge in [-0.2, -0.15) is 0 Å². The number of amides is 4. The van der Waals surface area contributed by atoms with Gasteiger partial charge in [0.05, 0.1) is 12.6 Å². The Kier molecular flexibility index (Phi) is 7.17. The summed E-state index contributed by atoms with van der Waals surface area (Å²) in [6.07, 6.45) is 2.21. The molecule has 2 atom stereocenters. The predicted octanol–water partition coefficient (Wildman–Crippen LogP) is 2.89. The van der Waals surface area contributed by atoms with Crippen molar-refractivity contribution in [3.63, 3.8) is 0 Å². The van der Waals surface area contributed by atoms with Crippen LogP contribution in [0.5, 0.6) is 5.75 Å². The van der Waals surface area contributed by atoms with Gasteiger partial charge in [0, 0.05) is 34.8 Å². The maximum Gasteiger partial charge on any atom is 0.255 e. The summed E-state index contributed by atoms with van der Waals surface area (Å²) in [6, 6.07) is 9.86. The van der Waals surface area contributed by atoms with E-state index in [1.54, 1.807) is 18.2 Å². The third-order valence-electron chi connectivity index (χ3n) is 7.28. The van der Waals surface area contributed by atoms with Crippen LogP contribution in [0.25, 0.3) is 0 Å². The number of nitrogens with one attached hydrogen (secondary N) is 2. The molecule has 0 spiro atoms. The van der Waals surface area contributed by atoms with Crippen LogP contribution in [0.2, 0.25) is 5.02 Å². The lowest BCUT2D eigenvalue weighted by molar-refractivity contribution is -0.137. The largest absolute Gasteiger partial charge is 0.492 e. The Morgan fingerprint density at radius 2 is 2.03 bits per heavy atom. The third kappa shape index (κ3) is 5.19. The monoisotopic (exact) mass is 524 g/mol. The number of likely N-dealkylation sites (tertiary alicyclic amines) is 1. The number of hydrogen-bond donors (Lipinski definition) is 2. The fourth-order valence-corrected chi connectivity index (χ4v) is 5.43. The van der Waals surface area contributed by atoms with Gasteiger partial charge >= 0.3 is 0 Å². The maximum atomic E-state index is 13.0. The van der Waals surface area contributed by atoms with E-state index in [0.717, 1.165) is 30.5 Å². The van der Waals surface area contributed by atoms with E-state index in [1.807, 2.05) is 25.1 Å². The predicted molar refractivity (Wildman–Crippen MR) is 137 cm³/mol. The molecule has 0 bridgehead atoms. The number of rotatable bonds is 7. The molecule has 3 aliphatic heterocycles. The first-order chi connectivity index (χ1) is 17.8. The molecule has 0 aromatic heterocycles. The minimum absolute atomic E-state index is 0.0662. The highest BCUT2D eigenvalue weighted by atomic mass is 35.5. The summed E-state index contributed by atoms with van der Waals surface area (Å²) in [5, 5.41) is 5.90. The van der Waals surface area contributed by atoms with Gasteiger partial charge in [-0.05, 0) is 62.6 Å². The van der Waals surface area contributed by atoms with Crippen molar-refractivity contribution in [2.75, 3.05) is 25.0 Å². The lowest BCUT2D eigenvalue weighted by Crippen LogP contribution is -2.52. The van der Waals surface area contributed by atoms with Crippen LogP contribution in [0, 0.1) is 6.92 Å². The van der Waals surface area contributed by atoms with E-state index in [9.17, 15) is 19.2 Å². The Labute approximate surface area is 220 Å². The van der Waals surface area contributed by atoms with Gasteiger partial charge in [-0.1, -0.05) is 23.7 Å². The van der Waals surface area contributed by atoms with Crippen molar-refractivity contribution in [1.29, 1.82) is 0 Å². The lowest BCUT2D eigenvalue weighted by Gasteiger charge is -2.29. The Bertz CT molecular complexity index is 1270. The van der Waals surface area contributed by atoms with Gasteiger partial charge in [0.2, 0.25) is 17.7 Å². The first-order valence-electron chi connectivity index (χ1n) is 12.5. The quantitative estimate of drug-likeness (QED) is 0.539. The van der Waals surface area contributed by atoms with Crippen LogP contribution in [-0.2, 0) is 20.9 Å². The van der Waals surface area contributed by atoms with Gasteiger partial charge in [0.25, 0.3) is 5.91 Å². The van der Waals surface area contributed by atoms with E-state index < -0.39 is 11.9 Å². The summed E-state index contributed by atoms with van der Waals surface area (Å²) in [6.45, 7) is 3.87. The third-order valence-corrected chi connectivity index (χ3v) is 7.69. The number of ether oxygens (including phenoxy) is 1. The van der Waals surface area contributed by atoms with Crippen LogP contribution >= 0.6 is 11.6 Å². The van der Waals surface area contributed by atoms with Crippen molar-refractivity contribution in [1.82, 2.24) is 15.1 Å². The second-order valence-electron chi connectivity index (χ2n) is 9.68. The van der Waals surface area contributed by atoms with Crippen LogP contribution in [0.4, 0.5) is 5.69 Å². The number of aryl methyl sites for hydroxylation is 1. The Hall–Kier alpha value is -3.43. The molecule has 10 heteroatoms. The minimum atomic E-state index is -0.669. The molecular formula is C27H29ClN4O5. The number of piperidine rings is 1. The zero-order valence-corrected chi connectivity index (χ0v) is 21.3. The topological polar surface area (TPSA) is 108 Å². The summed E-state index contributed by atoms with van der Waals surface area (Å²) in [5.41, 5.74) is 2.88. The molecule has 3 heterocycles. The molecule has 4 amide bonds. The highest BCUT2D eigenvalue weighted by molar-refractivity contribution is 6.31. The molecule has 2 aromatic rings. The standard InChI is InChI=1S/C27H29ClN4O5/c1-16-7-8-17(14-20(16)28)29-25(34)21-5-3-11-31(21)12-13-37-23-6-2-4-18-19(23)15-32(27(18)36)22-9-10-24(33)30-26(22)35/h2,4,6-8,14,21-22H,3,5,9-13,15H2,1H3,(H,29,34)(H,30,33,35). The maximum absolute atomic E-state index is 13.0. The summed E-state index contributed by atoms with van der Waals surface area (Å²) in [5.74, 6) is -0.460. The van der Waals surface area contributed by atoms with Crippen molar-refractivity contribution >= 4 is 40.9 Å². The van der Waals surface area contributed by atoms with E-state index in [0.29, 0.717) is 41.6 Å². The van der Waals surface area contributed by atoms with Crippen molar-refractivity contribution in [3.8, 4) is 5.75 Å². The number of anilines is 1. The molecule has 9 nitrogen and oxygen atoms in total. The molecule has 37 heavy (non-hydrogen) atoms. The summed E-state index contributed by atoms with van der Waals surface area (Å²) >= 11 is 6.19. The number of carbonyl (C=O) groups is 4. The van der Waals surface area contributed by atoms with E-state index >= 15 is 0 Å². The van der Waals surface area contributed by atoms with Crippen LogP contribution in [0.1, 0.15) is 47.2 Å². The molecule has 2 N–H and O–H groups in total. The molecule has 5 rings (SSSR count). The minimum Gasteiger partial charge on any atom is -0.492 e. The lowest BCUT2D eigenvalue weighted by atomic mass is 10.0. The summed E-state index contributed by atoms with van der Waals surface area (Å²) in [4.78, 5) is 53.4. The molecule has 0 saturated carbocycles. The van der Waals surface area contributed by atoms with Crippen LogP contribution in [-0.4, -0.2) is 65.2 Å². The van der Waals surface area contributed by atoms with Crippen molar-refractivity contribution in [2.24, 2.45) is 0 Å². The van der Waals surface area contributed by atoms with Crippen LogP contribution in [0.15, 0.2) is 36.4 Å². The van der Waals surface area contributed by atoms with E-state index in [4.69, 9.17) is 16.3 Å². The Balaban J connectivity index is 1.19. The molecule has 0 radical (unpaired) electrons. The molecule has 194 valence electrons. The first-order valence-corrected chi connectivity index (χ1v) is 12.9. The fourth-order valence-electron chi connectivity index (χ4n) is 5.25. The van der Waals surface area contributed by atoms with Gasteiger partial charge in [-0.25, -0.2) is 0 Å². The zero-order valence-electron chi connectivity index (χ0n) is 20.6. The number of hydrogen-bond acceptors (Lipinski definition) is 6. The number of carbonyl (C=O) groups excluding carboxylic acids is 4. The SMILES string of the molecule is Cc1ccc(NC(=O)C2CCCN2CCOc2cccc3c2CN(C2CCC(=O)NC2=O)C3=O)cc1Cl. The van der Waals surface area contributed by atoms with Gasteiger partial charge in [-0.3, -0.25) is 29.4 Å². The number of halogens is 1. The second kappa shape index (κ2) is 10.5. The smallest absolute Gasteiger partial charge is 0.255 e. The molecule has 2 aromatic carbocycles. The summed E-state index contributed by atoms with van der Waals surface area (Å²) in [7, 11) is 0. The van der Waals surface area contributed by atoms with E-state index in [2.05, 4.69) is 15.5 Å². The zero-order chi connectivity index (χ0) is 26.1. The van der Waals surface area contributed by atoms with Crippen molar-refractivity contribution in [2.45, 2.75) is 51.2 Å². The number of fused-ring (bicyclic) bond motifs is 1. The van der Waals surface area contributed by atoms with Crippen molar-refractivity contribution < 1.29 is 23.9 Å². The molecule has 2 fully saturated rings. The fraction of sp³-hybridized carbons (Fsp3) is 0.407. The van der Waals surface area contributed by atoms with Crippen LogP contribution in [0.3, 0.4) is 0 Å². The molecule has 3 aliphatic rings. The first kappa shape index (κ1) is 25.2. The molecule has 2 unspecified atom stereocenters. The van der Waals surface area contributed by atoms with Gasteiger partial charge in [-0.15, -0.1) is 0 Å². The number of benzene rings is 2. The number of nitrogens with zero attached hydrogens (tertiary/aromatic N) is 2. The molecule has 0 aliphatic carbocycles. The molecular weight excluding hydrogens is 496 g/mol. The van der Waals surface area contributed by atoms with Crippen LogP contribution < -0.4 is 15.4 Å². The number of imide groups is 1. The summed E-state index contributed by atoms with van der Waals surface area (Å²) < 4.78 is 6.09. The Morgan fingerprint density at radius 1 is 1.19 bits per heavy atom. The van der Waals surface area contributed by atoms with Crippen molar-refractivity contribution in [3.05, 3.63) is 58.1 Å². The van der Waals surface area contributed by atoms with Gasteiger partial charge in [0.1, 0.15) is 18.4 Å². The molecule has 2 saturated heterocycles. The average Bonchev–Trinajstić information content (AvgIpc) is 3.47. The highest BCUT2D eigenvalue weighted by Gasteiger charge is 2.40. The normalized spacial score (nSPS) is 21.7. The van der Waals surface area contributed by atoms with Gasteiger partial charge < -0.3 is 15.0 Å². The van der Waals surface area contributed by atoms with Gasteiger partial charge in [0.15, 0.2) is 0 Å².